The fraction of sp³-hybridized carbons (Fsp3) is 0.562. The molecular weight excluding hydrogens is 307 g/mol. The Labute approximate surface area is 135 Å². The largest absolute Gasteiger partial charge is 0.378 e. The zero-order chi connectivity index (χ0) is 15.9. The molecule has 0 spiro atoms. The van der Waals surface area contributed by atoms with Gasteiger partial charge in [-0.15, -0.1) is 0 Å². The van der Waals surface area contributed by atoms with E-state index in [2.05, 4.69) is 10.6 Å². The monoisotopic (exact) mass is 328 g/mol. The predicted octanol–water partition coefficient (Wildman–Crippen LogP) is 4.26. The fourth-order valence-corrected chi connectivity index (χ4v) is 2.69. The summed E-state index contributed by atoms with van der Waals surface area (Å²) in [5.41, 5.74) is 0.855. The van der Waals surface area contributed by atoms with Crippen molar-refractivity contribution < 1.29 is 13.9 Å². The molecule has 0 radical (unpaired) electrons. The maximum atomic E-state index is 13.3. The summed E-state index contributed by atoms with van der Waals surface area (Å²) in [6, 6.07) is 2.40. The van der Waals surface area contributed by atoms with Gasteiger partial charge in [0.25, 0.3) is 0 Å². The summed E-state index contributed by atoms with van der Waals surface area (Å²) in [5, 5.41) is 5.60. The van der Waals surface area contributed by atoms with Crippen LogP contribution in [0.15, 0.2) is 12.1 Å². The maximum absolute atomic E-state index is 13.3. The van der Waals surface area contributed by atoms with E-state index in [1.807, 2.05) is 0 Å². The number of rotatable bonds is 6. The van der Waals surface area contributed by atoms with Gasteiger partial charge < -0.3 is 15.4 Å². The first-order valence-corrected chi connectivity index (χ1v) is 8.06. The molecule has 1 aliphatic rings. The van der Waals surface area contributed by atoms with Crippen LogP contribution >= 0.6 is 11.6 Å². The first kappa shape index (κ1) is 17.0. The Balaban J connectivity index is 1.66. The van der Waals surface area contributed by atoms with E-state index in [1.54, 1.807) is 6.92 Å². The Bertz CT molecular complexity index is 519. The van der Waals surface area contributed by atoms with Gasteiger partial charge in [-0.1, -0.05) is 11.6 Å². The standard InChI is InChI=1S/C16H22ClFN2O2/c1-11-9-15(13(17)10-14(11)18)20-16(21)19-7-3-2-5-12-6-4-8-22-12/h9-10,12H,2-8H2,1H3,(H2,19,20,21)/t12-/m0/s1. The van der Waals surface area contributed by atoms with Crippen LogP contribution in [0.4, 0.5) is 14.9 Å². The van der Waals surface area contributed by atoms with E-state index in [1.165, 1.54) is 12.1 Å². The Hall–Kier alpha value is -1.33. The Morgan fingerprint density at radius 3 is 3.00 bits per heavy atom. The van der Waals surface area contributed by atoms with Crippen molar-refractivity contribution in [2.75, 3.05) is 18.5 Å². The predicted molar refractivity (Wildman–Crippen MR) is 86.0 cm³/mol. The number of anilines is 1. The van der Waals surface area contributed by atoms with E-state index in [-0.39, 0.29) is 16.9 Å². The quantitative estimate of drug-likeness (QED) is 0.767. The van der Waals surface area contributed by atoms with Crippen molar-refractivity contribution in [1.29, 1.82) is 0 Å². The van der Waals surface area contributed by atoms with Gasteiger partial charge in [-0.2, -0.15) is 0 Å². The lowest BCUT2D eigenvalue weighted by Gasteiger charge is -2.11. The van der Waals surface area contributed by atoms with Crippen LogP contribution in [0.3, 0.4) is 0 Å². The minimum Gasteiger partial charge on any atom is -0.378 e. The highest BCUT2D eigenvalue weighted by Crippen LogP contribution is 2.25. The molecule has 1 aliphatic heterocycles. The van der Waals surface area contributed by atoms with Crippen LogP contribution in [0.25, 0.3) is 0 Å². The van der Waals surface area contributed by atoms with E-state index < -0.39 is 0 Å². The van der Waals surface area contributed by atoms with Crippen molar-refractivity contribution in [1.82, 2.24) is 5.32 Å². The van der Waals surface area contributed by atoms with Gasteiger partial charge in [0, 0.05) is 13.2 Å². The number of hydrogen-bond acceptors (Lipinski definition) is 2. The van der Waals surface area contributed by atoms with Gasteiger partial charge in [-0.3, -0.25) is 0 Å². The lowest BCUT2D eigenvalue weighted by atomic mass is 10.1. The van der Waals surface area contributed by atoms with Gasteiger partial charge in [0.05, 0.1) is 16.8 Å². The molecule has 2 rings (SSSR count). The molecule has 1 saturated heterocycles. The number of nitrogens with one attached hydrogen (secondary N) is 2. The third-order valence-corrected chi connectivity index (χ3v) is 4.07. The smallest absolute Gasteiger partial charge is 0.319 e. The van der Waals surface area contributed by atoms with Gasteiger partial charge in [-0.05, 0) is 56.7 Å². The molecule has 0 unspecified atom stereocenters. The van der Waals surface area contributed by atoms with Crippen molar-refractivity contribution in [2.24, 2.45) is 0 Å². The molecule has 1 aromatic rings. The Kier molecular flexibility index (Phi) is 6.46. The van der Waals surface area contributed by atoms with Crippen LogP contribution in [-0.2, 0) is 4.74 Å². The highest BCUT2D eigenvalue weighted by atomic mass is 35.5. The van der Waals surface area contributed by atoms with E-state index in [0.717, 1.165) is 38.7 Å². The lowest BCUT2D eigenvalue weighted by molar-refractivity contribution is 0.102. The lowest BCUT2D eigenvalue weighted by Crippen LogP contribution is -2.29. The number of unbranched alkanes of at least 4 members (excludes halogenated alkanes) is 1. The zero-order valence-corrected chi connectivity index (χ0v) is 13.5. The van der Waals surface area contributed by atoms with Crippen molar-refractivity contribution in [3.8, 4) is 0 Å². The summed E-state index contributed by atoms with van der Waals surface area (Å²) >= 11 is 5.91. The molecular formula is C16H22ClFN2O2. The molecule has 0 aliphatic carbocycles. The van der Waals surface area contributed by atoms with Crippen LogP contribution in [0.1, 0.15) is 37.7 Å². The average Bonchev–Trinajstić information content (AvgIpc) is 2.97. The Morgan fingerprint density at radius 1 is 1.45 bits per heavy atom. The second-order valence-electron chi connectivity index (χ2n) is 5.59. The van der Waals surface area contributed by atoms with E-state index in [9.17, 15) is 9.18 Å². The van der Waals surface area contributed by atoms with Crippen LogP contribution in [0.2, 0.25) is 5.02 Å². The highest BCUT2D eigenvalue weighted by Gasteiger charge is 2.14. The minimum atomic E-state index is -0.384. The van der Waals surface area contributed by atoms with Crippen LogP contribution < -0.4 is 10.6 Å². The molecule has 6 heteroatoms. The maximum Gasteiger partial charge on any atom is 0.319 e. The summed E-state index contributed by atoms with van der Waals surface area (Å²) < 4.78 is 18.8. The number of ether oxygens (including phenoxy) is 1. The second kappa shape index (κ2) is 8.34. The third-order valence-electron chi connectivity index (χ3n) is 3.76. The average molecular weight is 329 g/mol. The number of urea groups is 1. The van der Waals surface area contributed by atoms with Crippen molar-refractivity contribution in [3.63, 3.8) is 0 Å². The summed E-state index contributed by atoms with van der Waals surface area (Å²) in [6.07, 6.45) is 5.69. The first-order valence-electron chi connectivity index (χ1n) is 7.68. The van der Waals surface area contributed by atoms with Crippen LogP contribution in [-0.4, -0.2) is 25.3 Å². The summed E-state index contributed by atoms with van der Waals surface area (Å²) in [6.45, 7) is 3.10. The molecule has 2 amide bonds. The third kappa shape index (κ3) is 5.14. The number of hydrogen-bond donors (Lipinski definition) is 2. The van der Waals surface area contributed by atoms with E-state index >= 15 is 0 Å². The van der Waals surface area contributed by atoms with Crippen molar-refractivity contribution >= 4 is 23.3 Å². The number of carbonyl (C=O) groups is 1. The van der Waals surface area contributed by atoms with Crippen LogP contribution in [0.5, 0.6) is 0 Å². The van der Waals surface area contributed by atoms with Crippen LogP contribution in [0, 0.1) is 12.7 Å². The topological polar surface area (TPSA) is 50.4 Å². The number of amides is 2. The van der Waals surface area contributed by atoms with Gasteiger partial charge in [0.2, 0.25) is 0 Å². The van der Waals surface area contributed by atoms with E-state index in [0.29, 0.717) is 23.9 Å². The second-order valence-corrected chi connectivity index (χ2v) is 6.00. The SMILES string of the molecule is Cc1cc(NC(=O)NCCCC[C@H]2CCCO2)c(Cl)cc1F. The molecule has 0 bridgehead atoms. The zero-order valence-electron chi connectivity index (χ0n) is 12.8. The number of halogens is 2. The normalized spacial score (nSPS) is 17.5. The summed E-state index contributed by atoms with van der Waals surface area (Å²) in [7, 11) is 0. The van der Waals surface area contributed by atoms with Crippen molar-refractivity contribution in [3.05, 3.63) is 28.5 Å². The Morgan fingerprint density at radius 2 is 2.27 bits per heavy atom. The molecule has 4 nitrogen and oxygen atoms in total. The first-order chi connectivity index (χ1) is 10.6. The number of aryl methyl sites for hydroxylation is 1. The summed E-state index contributed by atoms with van der Waals surface area (Å²) in [4.78, 5) is 11.8. The van der Waals surface area contributed by atoms with Gasteiger partial charge in [0.1, 0.15) is 5.82 Å². The molecule has 0 saturated carbocycles. The van der Waals surface area contributed by atoms with E-state index in [4.69, 9.17) is 16.3 Å². The van der Waals surface area contributed by atoms with Gasteiger partial charge >= 0.3 is 6.03 Å². The number of carbonyl (C=O) groups excluding carboxylic acids is 1. The minimum absolute atomic E-state index is 0.191. The van der Waals surface area contributed by atoms with Gasteiger partial charge in [-0.25, -0.2) is 9.18 Å². The van der Waals surface area contributed by atoms with Crippen molar-refractivity contribution in [2.45, 2.75) is 45.1 Å². The molecule has 1 aromatic carbocycles. The number of benzene rings is 1. The highest BCUT2D eigenvalue weighted by molar-refractivity contribution is 6.33. The molecule has 1 fully saturated rings. The fourth-order valence-electron chi connectivity index (χ4n) is 2.49. The molecule has 1 atom stereocenters. The summed E-state index contributed by atoms with van der Waals surface area (Å²) in [5.74, 6) is -0.384. The molecule has 2 N–H and O–H groups in total. The molecule has 0 aromatic heterocycles. The molecule has 22 heavy (non-hydrogen) atoms. The van der Waals surface area contributed by atoms with Gasteiger partial charge in [0.15, 0.2) is 0 Å². The molecule has 122 valence electrons. The molecule has 1 heterocycles.